The van der Waals surface area contributed by atoms with Crippen LogP contribution in [-0.2, 0) is 0 Å². The number of ether oxygens (including phenoxy) is 1. The lowest BCUT2D eigenvalue weighted by Gasteiger charge is -2.13. The molecule has 0 amide bonds. The molecule has 1 aromatic rings. The number of aliphatic hydroxyl groups is 2. The van der Waals surface area contributed by atoms with Crippen LogP contribution >= 0.6 is 11.6 Å². The molecule has 3 nitrogen and oxygen atoms in total. The molecular weight excluding hydrogens is 228 g/mol. The summed E-state index contributed by atoms with van der Waals surface area (Å²) in [6, 6.07) is 5.12. The van der Waals surface area contributed by atoms with Crippen LogP contribution in [0.15, 0.2) is 18.2 Å². The molecular formula is C12H17ClO3. The Balaban J connectivity index is 2.68. The van der Waals surface area contributed by atoms with Crippen molar-refractivity contribution < 1.29 is 14.9 Å². The van der Waals surface area contributed by atoms with Crippen LogP contribution in [0.25, 0.3) is 0 Å². The van der Waals surface area contributed by atoms with Crippen molar-refractivity contribution in [3.63, 3.8) is 0 Å². The Morgan fingerprint density at radius 1 is 1.38 bits per heavy atom. The van der Waals surface area contributed by atoms with Crippen LogP contribution in [-0.4, -0.2) is 22.9 Å². The largest absolute Gasteiger partial charge is 0.489 e. The van der Waals surface area contributed by atoms with Crippen LogP contribution < -0.4 is 4.74 Å². The summed E-state index contributed by atoms with van der Waals surface area (Å²) in [5.41, 5.74) is 0.744. The van der Waals surface area contributed by atoms with Gasteiger partial charge in [-0.05, 0) is 31.0 Å². The number of benzene rings is 1. The van der Waals surface area contributed by atoms with E-state index in [4.69, 9.17) is 16.3 Å². The lowest BCUT2D eigenvalue weighted by Crippen LogP contribution is -2.16. The summed E-state index contributed by atoms with van der Waals surface area (Å²) in [6.45, 7) is 3.78. The first-order valence-corrected chi connectivity index (χ1v) is 5.70. The molecule has 2 atom stereocenters. The Bertz CT molecular complexity index is 339. The van der Waals surface area contributed by atoms with E-state index in [1.807, 2.05) is 6.92 Å². The molecule has 4 heteroatoms. The fraction of sp³-hybridized carbons (Fsp3) is 0.500. The van der Waals surface area contributed by atoms with Gasteiger partial charge in [-0.25, -0.2) is 0 Å². The zero-order valence-electron chi connectivity index (χ0n) is 9.48. The fourth-order valence-electron chi connectivity index (χ4n) is 1.20. The lowest BCUT2D eigenvalue weighted by molar-refractivity contribution is 0.104. The van der Waals surface area contributed by atoms with E-state index in [0.717, 1.165) is 5.56 Å². The molecule has 1 aromatic carbocycles. The van der Waals surface area contributed by atoms with Crippen molar-refractivity contribution >= 4 is 11.6 Å². The molecule has 0 saturated carbocycles. The molecule has 0 bridgehead atoms. The number of rotatable bonds is 5. The molecule has 0 saturated heterocycles. The molecule has 0 fully saturated rings. The summed E-state index contributed by atoms with van der Waals surface area (Å²) in [7, 11) is 0. The Morgan fingerprint density at radius 2 is 2.06 bits per heavy atom. The highest BCUT2D eigenvalue weighted by molar-refractivity contribution is 6.32. The van der Waals surface area contributed by atoms with Gasteiger partial charge in [0.1, 0.15) is 12.4 Å². The molecule has 0 radical (unpaired) electrons. The third-order valence-electron chi connectivity index (χ3n) is 2.34. The highest BCUT2D eigenvalue weighted by atomic mass is 35.5. The first kappa shape index (κ1) is 13.3. The van der Waals surface area contributed by atoms with Crippen molar-refractivity contribution in [3.05, 3.63) is 28.8 Å². The molecule has 2 N–H and O–H groups in total. The summed E-state index contributed by atoms with van der Waals surface area (Å²) in [4.78, 5) is 0. The Kier molecular flexibility index (Phi) is 5.06. The van der Waals surface area contributed by atoms with E-state index in [-0.39, 0.29) is 6.61 Å². The van der Waals surface area contributed by atoms with Gasteiger partial charge < -0.3 is 14.9 Å². The van der Waals surface area contributed by atoms with Gasteiger partial charge in [-0.15, -0.1) is 0 Å². The normalized spacial score (nSPS) is 14.6. The first-order chi connectivity index (χ1) is 7.54. The highest BCUT2D eigenvalue weighted by Crippen LogP contribution is 2.27. The van der Waals surface area contributed by atoms with Crippen LogP contribution in [0.2, 0.25) is 5.02 Å². The average molecular weight is 245 g/mol. The molecule has 16 heavy (non-hydrogen) atoms. The van der Waals surface area contributed by atoms with Crippen molar-refractivity contribution in [1.29, 1.82) is 0 Å². The molecule has 0 aliphatic rings. The second-order valence-electron chi connectivity index (χ2n) is 3.74. The number of halogens is 1. The van der Waals surface area contributed by atoms with Crippen LogP contribution in [0, 0.1) is 0 Å². The van der Waals surface area contributed by atoms with Gasteiger partial charge in [-0.3, -0.25) is 0 Å². The topological polar surface area (TPSA) is 49.7 Å². The third-order valence-corrected chi connectivity index (χ3v) is 2.64. The smallest absolute Gasteiger partial charge is 0.138 e. The quantitative estimate of drug-likeness (QED) is 0.837. The van der Waals surface area contributed by atoms with Gasteiger partial charge in [-0.2, -0.15) is 0 Å². The zero-order chi connectivity index (χ0) is 12.1. The van der Waals surface area contributed by atoms with E-state index < -0.39 is 12.2 Å². The lowest BCUT2D eigenvalue weighted by atomic mass is 10.1. The van der Waals surface area contributed by atoms with E-state index in [1.165, 1.54) is 0 Å². The predicted octanol–water partition coefficient (Wildman–Crippen LogP) is 2.54. The van der Waals surface area contributed by atoms with Crippen molar-refractivity contribution in [2.75, 3.05) is 6.61 Å². The molecule has 1 rings (SSSR count). The molecule has 0 aliphatic heterocycles. The van der Waals surface area contributed by atoms with E-state index in [0.29, 0.717) is 17.2 Å². The average Bonchev–Trinajstić information content (AvgIpc) is 2.26. The minimum atomic E-state index is -0.548. The number of aliphatic hydroxyl groups excluding tert-OH is 2. The van der Waals surface area contributed by atoms with Gasteiger partial charge in [0.2, 0.25) is 0 Å². The van der Waals surface area contributed by atoms with Crippen LogP contribution in [0.3, 0.4) is 0 Å². The van der Waals surface area contributed by atoms with Gasteiger partial charge in [0.15, 0.2) is 0 Å². The predicted molar refractivity (Wildman–Crippen MR) is 63.9 cm³/mol. The Morgan fingerprint density at radius 3 is 2.56 bits per heavy atom. The maximum Gasteiger partial charge on any atom is 0.138 e. The SMILES string of the molecule is CCC(O)COc1ccc(C(C)O)cc1Cl. The first-order valence-electron chi connectivity index (χ1n) is 5.33. The summed E-state index contributed by atoms with van der Waals surface area (Å²) < 4.78 is 5.36. The van der Waals surface area contributed by atoms with E-state index in [2.05, 4.69) is 0 Å². The molecule has 0 aromatic heterocycles. The third kappa shape index (κ3) is 3.67. The van der Waals surface area contributed by atoms with Gasteiger partial charge in [0.25, 0.3) is 0 Å². The minimum Gasteiger partial charge on any atom is -0.489 e. The van der Waals surface area contributed by atoms with Crippen LogP contribution in [0.1, 0.15) is 31.9 Å². The molecule has 2 unspecified atom stereocenters. The monoisotopic (exact) mass is 244 g/mol. The summed E-state index contributed by atoms with van der Waals surface area (Å²) >= 11 is 5.98. The van der Waals surface area contributed by atoms with Crippen molar-refractivity contribution in [2.45, 2.75) is 32.5 Å². The Hall–Kier alpha value is -0.770. The fourth-order valence-corrected chi connectivity index (χ4v) is 1.44. The maximum absolute atomic E-state index is 9.36. The van der Waals surface area contributed by atoms with Gasteiger partial charge in [-0.1, -0.05) is 24.6 Å². The van der Waals surface area contributed by atoms with Gasteiger partial charge >= 0.3 is 0 Å². The standard InChI is InChI=1S/C12H17ClO3/c1-3-10(15)7-16-12-5-4-9(8(2)14)6-11(12)13/h4-6,8,10,14-15H,3,7H2,1-2H3. The molecule has 0 spiro atoms. The second kappa shape index (κ2) is 6.09. The second-order valence-corrected chi connectivity index (χ2v) is 4.15. The van der Waals surface area contributed by atoms with Crippen LogP contribution in [0.4, 0.5) is 0 Å². The number of hydrogen-bond donors (Lipinski definition) is 2. The summed E-state index contributed by atoms with van der Waals surface area (Å²) in [5, 5.41) is 19.1. The molecule has 90 valence electrons. The van der Waals surface area contributed by atoms with Crippen molar-refractivity contribution in [2.24, 2.45) is 0 Å². The summed E-state index contributed by atoms with van der Waals surface area (Å²) in [6.07, 6.45) is -0.385. The maximum atomic E-state index is 9.36. The van der Waals surface area contributed by atoms with Crippen LogP contribution in [0.5, 0.6) is 5.75 Å². The Labute approximate surface area is 101 Å². The van der Waals surface area contributed by atoms with E-state index in [9.17, 15) is 10.2 Å². The number of hydrogen-bond acceptors (Lipinski definition) is 3. The molecule has 0 aliphatic carbocycles. The zero-order valence-corrected chi connectivity index (χ0v) is 10.2. The molecule has 0 heterocycles. The minimum absolute atomic E-state index is 0.226. The van der Waals surface area contributed by atoms with Crippen molar-refractivity contribution in [3.8, 4) is 5.75 Å². The summed E-state index contributed by atoms with van der Waals surface area (Å²) in [5.74, 6) is 0.526. The van der Waals surface area contributed by atoms with Gasteiger partial charge in [0, 0.05) is 0 Å². The van der Waals surface area contributed by atoms with Gasteiger partial charge in [0.05, 0.1) is 17.2 Å². The van der Waals surface area contributed by atoms with Crippen molar-refractivity contribution in [1.82, 2.24) is 0 Å². The highest BCUT2D eigenvalue weighted by Gasteiger charge is 2.08. The van der Waals surface area contributed by atoms with E-state index in [1.54, 1.807) is 25.1 Å². The van der Waals surface area contributed by atoms with E-state index >= 15 is 0 Å².